The summed E-state index contributed by atoms with van der Waals surface area (Å²) in [7, 11) is 0. The molecule has 2 aliphatic heterocycles. The van der Waals surface area contributed by atoms with Crippen molar-refractivity contribution in [2.45, 2.75) is 44.9 Å². The number of carbonyl (C=O) groups is 3. The van der Waals surface area contributed by atoms with Gasteiger partial charge in [0.25, 0.3) is 5.91 Å². The van der Waals surface area contributed by atoms with Crippen LogP contribution >= 0.6 is 11.6 Å². The van der Waals surface area contributed by atoms with Crippen LogP contribution in [0.1, 0.15) is 43.5 Å². The average Bonchev–Trinajstić information content (AvgIpc) is 3.00. The van der Waals surface area contributed by atoms with E-state index in [2.05, 4.69) is 0 Å². The summed E-state index contributed by atoms with van der Waals surface area (Å²) in [5, 5.41) is 9.90. The molecule has 1 aromatic rings. The lowest BCUT2D eigenvalue weighted by atomic mass is 9.96. The highest BCUT2D eigenvalue weighted by molar-refractivity contribution is 6.33. The maximum Gasteiger partial charge on any atom is 0.328 e. The summed E-state index contributed by atoms with van der Waals surface area (Å²) in [4.78, 5) is 40.5. The molecule has 2 aliphatic rings. The van der Waals surface area contributed by atoms with E-state index in [1.165, 1.54) is 4.90 Å². The lowest BCUT2D eigenvalue weighted by Gasteiger charge is -2.44. The van der Waals surface area contributed by atoms with Crippen LogP contribution < -0.4 is 0 Å². The van der Waals surface area contributed by atoms with E-state index in [1.807, 2.05) is 13.8 Å². The Bertz CT molecular complexity index is 774. The van der Waals surface area contributed by atoms with Crippen LogP contribution in [0.15, 0.2) is 24.3 Å². The van der Waals surface area contributed by atoms with Crippen molar-refractivity contribution in [1.29, 1.82) is 0 Å². The Balaban J connectivity index is 1.84. The molecule has 3 rings (SSSR count). The third-order valence-electron chi connectivity index (χ3n) is 5.35. The molecule has 2 saturated heterocycles. The summed E-state index contributed by atoms with van der Waals surface area (Å²) in [5.74, 6) is -1.24. The van der Waals surface area contributed by atoms with Gasteiger partial charge in [0.2, 0.25) is 5.91 Å². The minimum Gasteiger partial charge on any atom is -0.480 e. The molecule has 0 bridgehead atoms. The minimum absolute atomic E-state index is 0.0709. The minimum atomic E-state index is -1.12. The first-order valence-electron chi connectivity index (χ1n) is 9.48. The summed E-state index contributed by atoms with van der Waals surface area (Å²) in [6, 6.07) is 5.49. The SMILES string of the molecule is CC(C)CC(=O)N1CCC2(CC1)OCC(C(=O)O)N2C(=O)c1ccccc1Cl. The predicted octanol–water partition coefficient (Wildman–Crippen LogP) is 2.63. The van der Waals surface area contributed by atoms with Crippen LogP contribution in [0.25, 0.3) is 0 Å². The zero-order valence-corrected chi connectivity index (χ0v) is 16.8. The highest BCUT2D eigenvalue weighted by atomic mass is 35.5. The van der Waals surface area contributed by atoms with Crippen molar-refractivity contribution in [3.63, 3.8) is 0 Å². The van der Waals surface area contributed by atoms with E-state index >= 15 is 0 Å². The third kappa shape index (κ3) is 3.86. The number of carbonyl (C=O) groups excluding carboxylic acids is 2. The van der Waals surface area contributed by atoms with Gasteiger partial charge in [-0.2, -0.15) is 0 Å². The van der Waals surface area contributed by atoms with E-state index in [9.17, 15) is 19.5 Å². The number of likely N-dealkylation sites (tertiary alicyclic amines) is 1. The van der Waals surface area contributed by atoms with Crippen molar-refractivity contribution in [1.82, 2.24) is 9.80 Å². The molecule has 1 N–H and O–H groups in total. The zero-order valence-electron chi connectivity index (χ0n) is 16.1. The maximum absolute atomic E-state index is 13.2. The van der Waals surface area contributed by atoms with Gasteiger partial charge in [0.05, 0.1) is 17.2 Å². The third-order valence-corrected chi connectivity index (χ3v) is 5.68. The number of ether oxygens (including phenoxy) is 1. The lowest BCUT2D eigenvalue weighted by Crippen LogP contribution is -2.58. The quantitative estimate of drug-likeness (QED) is 0.827. The van der Waals surface area contributed by atoms with Crippen molar-refractivity contribution in [3.8, 4) is 0 Å². The maximum atomic E-state index is 13.2. The molecule has 8 heteroatoms. The Morgan fingerprint density at radius 1 is 1.25 bits per heavy atom. The molecule has 0 aliphatic carbocycles. The standard InChI is InChI=1S/C20H25ClN2O5/c1-13(2)11-17(24)22-9-7-20(8-10-22)23(16(12-28-20)19(26)27)18(25)14-5-3-4-6-15(14)21/h3-6,13,16H,7-12H2,1-2H3,(H,26,27). The Labute approximate surface area is 169 Å². The van der Waals surface area contributed by atoms with Gasteiger partial charge in [-0.1, -0.05) is 37.6 Å². The van der Waals surface area contributed by atoms with Gasteiger partial charge in [-0.05, 0) is 18.1 Å². The van der Waals surface area contributed by atoms with E-state index in [0.717, 1.165) is 0 Å². The summed E-state index contributed by atoms with van der Waals surface area (Å²) in [6.07, 6.45) is 1.21. The van der Waals surface area contributed by atoms with Gasteiger partial charge in [0, 0.05) is 32.4 Å². The fourth-order valence-electron chi connectivity index (χ4n) is 3.90. The molecule has 1 unspecified atom stereocenters. The summed E-state index contributed by atoms with van der Waals surface area (Å²) < 4.78 is 5.90. The Hall–Kier alpha value is -2.12. The first-order valence-corrected chi connectivity index (χ1v) is 9.86. The number of benzene rings is 1. The van der Waals surface area contributed by atoms with Crippen LogP contribution in [0.4, 0.5) is 0 Å². The van der Waals surface area contributed by atoms with Gasteiger partial charge < -0.3 is 14.7 Å². The van der Waals surface area contributed by atoms with Crippen LogP contribution in [0, 0.1) is 5.92 Å². The van der Waals surface area contributed by atoms with Crippen LogP contribution in [0.5, 0.6) is 0 Å². The molecule has 28 heavy (non-hydrogen) atoms. The molecule has 152 valence electrons. The number of carboxylic acid groups (broad SMARTS) is 1. The van der Waals surface area contributed by atoms with E-state index in [4.69, 9.17) is 16.3 Å². The number of piperidine rings is 1. The van der Waals surface area contributed by atoms with Gasteiger partial charge in [0.15, 0.2) is 6.04 Å². The molecule has 1 aromatic carbocycles. The molecule has 2 fully saturated rings. The molecule has 0 aromatic heterocycles. The second-order valence-corrected chi connectivity index (χ2v) is 8.15. The molecule has 2 heterocycles. The van der Waals surface area contributed by atoms with E-state index in [1.54, 1.807) is 29.2 Å². The van der Waals surface area contributed by atoms with Gasteiger partial charge in [-0.15, -0.1) is 0 Å². The molecule has 0 saturated carbocycles. The first-order chi connectivity index (χ1) is 13.2. The number of aliphatic carboxylic acids is 1. The molecule has 1 spiro atoms. The van der Waals surface area contributed by atoms with Crippen molar-refractivity contribution in [2.75, 3.05) is 19.7 Å². The van der Waals surface area contributed by atoms with Gasteiger partial charge in [-0.25, -0.2) is 4.79 Å². The van der Waals surface area contributed by atoms with Gasteiger partial charge >= 0.3 is 5.97 Å². The number of nitrogens with zero attached hydrogens (tertiary/aromatic N) is 2. The van der Waals surface area contributed by atoms with Crippen LogP contribution in [-0.4, -0.2) is 64.2 Å². The number of hydrogen-bond donors (Lipinski definition) is 1. The topological polar surface area (TPSA) is 87.2 Å². The normalized spacial score (nSPS) is 21.4. The van der Waals surface area contributed by atoms with Crippen molar-refractivity contribution < 1.29 is 24.2 Å². The molecule has 0 radical (unpaired) electrons. The Morgan fingerprint density at radius 3 is 2.46 bits per heavy atom. The fourth-order valence-corrected chi connectivity index (χ4v) is 4.12. The summed E-state index contributed by atoms with van der Waals surface area (Å²) >= 11 is 6.18. The smallest absolute Gasteiger partial charge is 0.328 e. The number of halogens is 1. The molecule has 1 atom stereocenters. The number of carboxylic acids is 1. The van der Waals surface area contributed by atoms with Crippen LogP contribution in [-0.2, 0) is 14.3 Å². The zero-order chi connectivity index (χ0) is 20.5. The second kappa shape index (κ2) is 8.09. The predicted molar refractivity (Wildman–Crippen MR) is 103 cm³/mol. The van der Waals surface area contributed by atoms with Gasteiger partial charge in [-0.3, -0.25) is 14.5 Å². The molecular formula is C20H25ClN2O5. The Kier molecular flexibility index (Phi) is 5.95. The highest BCUT2D eigenvalue weighted by Crippen LogP contribution is 2.39. The van der Waals surface area contributed by atoms with Gasteiger partial charge in [0.1, 0.15) is 5.72 Å². The van der Waals surface area contributed by atoms with Crippen LogP contribution in [0.2, 0.25) is 5.02 Å². The molecule has 7 nitrogen and oxygen atoms in total. The van der Waals surface area contributed by atoms with Crippen molar-refractivity contribution in [2.24, 2.45) is 5.92 Å². The van der Waals surface area contributed by atoms with E-state index in [-0.39, 0.29) is 29.0 Å². The first kappa shape index (κ1) is 20.6. The van der Waals surface area contributed by atoms with Crippen LogP contribution in [0.3, 0.4) is 0 Å². The average molecular weight is 409 g/mol. The van der Waals surface area contributed by atoms with E-state index < -0.39 is 23.6 Å². The monoisotopic (exact) mass is 408 g/mol. The van der Waals surface area contributed by atoms with Crippen molar-refractivity contribution in [3.05, 3.63) is 34.9 Å². The number of rotatable bonds is 4. The summed E-state index contributed by atoms with van der Waals surface area (Å²) in [6.45, 7) is 4.75. The van der Waals surface area contributed by atoms with E-state index in [0.29, 0.717) is 32.4 Å². The largest absolute Gasteiger partial charge is 0.480 e. The van der Waals surface area contributed by atoms with Crippen molar-refractivity contribution >= 4 is 29.4 Å². The fraction of sp³-hybridized carbons (Fsp3) is 0.550. The lowest BCUT2D eigenvalue weighted by molar-refractivity contribution is -0.148. The molecule has 2 amide bonds. The number of hydrogen-bond acceptors (Lipinski definition) is 4. The second-order valence-electron chi connectivity index (χ2n) is 7.74. The number of amides is 2. The Morgan fingerprint density at radius 2 is 1.89 bits per heavy atom. The summed E-state index contributed by atoms with van der Waals surface area (Å²) in [5.41, 5.74) is -0.785. The highest BCUT2D eigenvalue weighted by Gasteiger charge is 2.54. The molecular weight excluding hydrogens is 384 g/mol.